The molecule has 330 valence electrons. The molecule has 0 saturated heterocycles. The predicted molar refractivity (Wildman–Crippen MR) is 312 cm³/mol. The number of nitrogens with zero attached hydrogens (tertiary/aromatic N) is 4. The highest BCUT2D eigenvalue weighted by Crippen LogP contribution is 2.44. The maximum absolute atomic E-state index is 5.55. The summed E-state index contributed by atoms with van der Waals surface area (Å²) in [4.78, 5) is 15.7. The zero-order valence-electron chi connectivity index (χ0n) is 37.6. The molecule has 0 aliphatic rings. The van der Waals surface area contributed by atoms with E-state index in [1.807, 2.05) is 0 Å². The molecule has 0 fully saturated rings. The van der Waals surface area contributed by atoms with E-state index in [0.29, 0.717) is 0 Å². The lowest BCUT2D eigenvalue weighted by Crippen LogP contribution is -2.10. The largest absolute Gasteiger partial charge is 0.311 e. The average molecular weight is 1230 g/mol. The van der Waals surface area contributed by atoms with E-state index in [2.05, 4.69) is 297 Å². The van der Waals surface area contributed by atoms with Crippen molar-refractivity contribution in [3.8, 4) is 22.3 Å². The summed E-state index contributed by atoms with van der Waals surface area (Å²) >= 11 is 12.5. The maximum atomic E-state index is 5.55. The van der Waals surface area contributed by atoms with Crippen LogP contribution in [0.15, 0.2) is 191 Å². The monoisotopic (exact) mass is 1230 g/mol. The Bertz CT molecular complexity index is 3390. The van der Waals surface area contributed by atoms with Gasteiger partial charge >= 0.3 is 0 Å². The smallest absolute Gasteiger partial charge is 0.0979 e. The molecule has 10 aromatic carbocycles. The Labute approximate surface area is 440 Å². The van der Waals surface area contributed by atoms with Gasteiger partial charge in [0.15, 0.2) is 0 Å². The van der Waals surface area contributed by atoms with Crippen molar-refractivity contribution >= 4 is 155 Å². The Balaban J connectivity index is 1.11. The van der Waals surface area contributed by atoms with Crippen LogP contribution in [-0.2, 0) is 0 Å². The number of rotatable bonds is 8. The third kappa shape index (κ3) is 8.47. The first-order valence-electron chi connectivity index (χ1n) is 22.4. The summed E-state index contributed by atoms with van der Waals surface area (Å²) in [6, 6.07) is 66.3. The molecular weight excluding hydrogens is 1190 g/mol. The number of fused-ring (bicyclic) bond motifs is 7. The van der Waals surface area contributed by atoms with Crippen LogP contribution in [0.4, 0.5) is 34.1 Å². The second-order valence-electron chi connectivity index (χ2n) is 17.5. The van der Waals surface area contributed by atoms with Crippen molar-refractivity contribution in [3.05, 3.63) is 220 Å². The molecule has 0 amide bonds. The Kier molecular flexibility index (Phi) is 12.1. The van der Waals surface area contributed by atoms with Gasteiger partial charge in [-0.15, -0.1) is 0 Å². The molecule has 0 aliphatic carbocycles. The third-order valence-electron chi connectivity index (χ3n) is 12.8. The van der Waals surface area contributed by atoms with Gasteiger partial charge < -0.3 is 9.80 Å². The second kappa shape index (κ2) is 18.3. The molecule has 0 saturated carbocycles. The van der Waals surface area contributed by atoms with E-state index >= 15 is 0 Å². The van der Waals surface area contributed by atoms with Gasteiger partial charge in [-0.25, -0.2) is 9.97 Å². The molecule has 68 heavy (non-hydrogen) atoms. The van der Waals surface area contributed by atoms with E-state index in [-0.39, 0.29) is 0 Å². The molecule has 0 aliphatic heterocycles. The van der Waals surface area contributed by atoms with Crippen molar-refractivity contribution in [2.24, 2.45) is 0 Å². The van der Waals surface area contributed by atoms with Crippen molar-refractivity contribution < 1.29 is 0 Å². The van der Waals surface area contributed by atoms with Gasteiger partial charge in [0, 0.05) is 61.0 Å². The van der Waals surface area contributed by atoms with Gasteiger partial charge in [0.2, 0.25) is 0 Å². The molecule has 11 rings (SSSR count). The van der Waals surface area contributed by atoms with Gasteiger partial charge in [-0.05, 0) is 247 Å². The first kappa shape index (κ1) is 44.8. The second-order valence-corrected chi connectivity index (χ2v) is 21.6. The molecule has 1 aromatic heterocycles. The van der Waals surface area contributed by atoms with Crippen molar-refractivity contribution in [3.63, 3.8) is 0 Å². The Hall–Kier alpha value is -5.66. The minimum Gasteiger partial charge on any atom is -0.311 e. The van der Waals surface area contributed by atoms with Gasteiger partial charge in [0.25, 0.3) is 0 Å². The lowest BCUT2D eigenvalue weighted by molar-refractivity contribution is 1.27. The SMILES string of the molecule is Cc1ccc(N(c2ccc(C)cc2)c2ccc(-c3cc4nc5c6cc(I)c(Br)cc6c6cc(Br)c(I)cc6c5nc4cc3-c3ccc(N(c4ccc(C)cc4)c4ccc(C)cc4)cc3)cc2)cc1. The van der Waals surface area contributed by atoms with Gasteiger partial charge in [-0.1, -0.05) is 95.1 Å². The van der Waals surface area contributed by atoms with E-state index in [1.165, 1.54) is 22.3 Å². The van der Waals surface area contributed by atoms with Crippen molar-refractivity contribution in [2.45, 2.75) is 27.7 Å². The van der Waals surface area contributed by atoms with Gasteiger partial charge in [0.05, 0.1) is 22.1 Å². The number of aryl methyl sites for hydroxylation is 4. The van der Waals surface area contributed by atoms with Gasteiger partial charge in [-0.3, -0.25) is 0 Å². The predicted octanol–water partition coefficient (Wildman–Crippen LogP) is 19.3. The van der Waals surface area contributed by atoms with Gasteiger partial charge in [0.1, 0.15) is 0 Å². The molecule has 0 bridgehead atoms. The van der Waals surface area contributed by atoms with E-state index in [0.717, 1.165) is 116 Å². The van der Waals surface area contributed by atoms with Crippen molar-refractivity contribution in [1.29, 1.82) is 0 Å². The highest BCUT2D eigenvalue weighted by Gasteiger charge is 2.20. The zero-order valence-corrected chi connectivity index (χ0v) is 45.1. The molecule has 8 heteroatoms. The van der Waals surface area contributed by atoms with Crippen molar-refractivity contribution in [2.75, 3.05) is 9.80 Å². The van der Waals surface area contributed by atoms with E-state index in [1.54, 1.807) is 0 Å². The molecule has 1 heterocycles. The molecule has 0 radical (unpaired) electrons. The summed E-state index contributed by atoms with van der Waals surface area (Å²) in [6.45, 7) is 8.52. The lowest BCUT2D eigenvalue weighted by Gasteiger charge is -2.26. The van der Waals surface area contributed by atoms with Crippen LogP contribution >= 0.6 is 77.0 Å². The summed E-state index contributed by atoms with van der Waals surface area (Å²) in [6.07, 6.45) is 0. The Morgan fingerprint density at radius 1 is 0.338 bits per heavy atom. The Morgan fingerprint density at radius 3 is 0.882 bits per heavy atom. The fourth-order valence-electron chi connectivity index (χ4n) is 9.14. The first-order chi connectivity index (χ1) is 32.9. The van der Waals surface area contributed by atoms with Crippen LogP contribution in [0.5, 0.6) is 0 Å². The van der Waals surface area contributed by atoms with Crippen LogP contribution in [0.1, 0.15) is 22.3 Å². The number of benzene rings is 10. The molecule has 0 atom stereocenters. The third-order valence-corrected chi connectivity index (χ3v) is 17.3. The molecular formula is C60H42Br2I2N4. The fraction of sp³-hybridized carbons (Fsp3) is 0.0667. The summed E-state index contributed by atoms with van der Waals surface area (Å²) in [5, 5.41) is 4.42. The number of halogens is 4. The molecule has 0 N–H and O–H groups in total. The number of hydrogen-bond acceptors (Lipinski definition) is 4. The summed E-state index contributed by atoms with van der Waals surface area (Å²) < 4.78 is 4.35. The topological polar surface area (TPSA) is 32.3 Å². The van der Waals surface area contributed by atoms with Crippen LogP contribution in [0.25, 0.3) is 65.9 Å². The van der Waals surface area contributed by atoms with Gasteiger partial charge in [-0.2, -0.15) is 0 Å². The minimum atomic E-state index is 0.841. The highest BCUT2D eigenvalue weighted by molar-refractivity contribution is 14.1. The number of hydrogen-bond donors (Lipinski definition) is 0. The van der Waals surface area contributed by atoms with Crippen LogP contribution in [-0.4, -0.2) is 9.97 Å². The Morgan fingerprint density at radius 2 is 0.603 bits per heavy atom. The zero-order chi connectivity index (χ0) is 46.8. The molecule has 11 aromatic rings. The van der Waals surface area contributed by atoms with E-state index in [9.17, 15) is 0 Å². The van der Waals surface area contributed by atoms with Crippen LogP contribution in [0, 0.1) is 34.8 Å². The van der Waals surface area contributed by atoms with Crippen LogP contribution < -0.4 is 9.80 Å². The molecule has 0 spiro atoms. The van der Waals surface area contributed by atoms with E-state index < -0.39 is 0 Å². The number of anilines is 6. The first-order valence-corrected chi connectivity index (χ1v) is 26.1. The summed E-state index contributed by atoms with van der Waals surface area (Å²) in [5.41, 5.74) is 19.3. The van der Waals surface area contributed by atoms with Crippen LogP contribution in [0.3, 0.4) is 0 Å². The fourth-order valence-corrected chi connectivity index (χ4v) is 10.8. The van der Waals surface area contributed by atoms with E-state index in [4.69, 9.17) is 9.97 Å². The molecule has 4 nitrogen and oxygen atoms in total. The number of aromatic nitrogens is 2. The minimum absolute atomic E-state index is 0.841. The lowest BCUT2D eigenvalue weighted by atomic mass is 9.93. The summed E-state index contributed by atoms with van der Waals surface area (Å²) in [5.74, 6) is 0. The van der Waals surface area contributed by atoms with Crippen LogP contribution in [0.2, 0.25) is 0 Å². The standard InChI is InChI=1S/C60H42Br2I2N4/c1-35-5-17-41(18-6-35)67(42-19-7-36(2)8-20-42)45-25-13-39(14-26-45)47-33-57-58(66-60-52-32-56(64)54(62)30-50(52)49-29-53(61)55(63)31-51(49)59(60)65-57)34-48(47)40-15-27-46(28-16-40)68(43-21-9-37(3)10-22-43)44-23-11-38(4)12-24-44/h5-34H,1-4H3. The molecule has 0 unspecified atom stereocenters. The quantitative estimate of drug-likeness (QED) is 0.0862. The normalized spacial score (nSPS) is 11.5. The maximum Gasteiger partial charge on any atom is 0.0979 e. The highest BCUT2D eigenvalue weighted by atomic mass is 127. The summed E-state index contributed by atoms with van der Waals surface area (Å²) in [7, 11) is 0. The van der Waals surface area contributed by atoms with Crippen molar-refractivity contribution in [1.82, 2.24) is 9.97 Å². The average Bonchev–Trinajstić information content (AvgIpc) is 3.35.